The van der Waals surface area contributed by atoms with E-state index in [4.69, 9.17) is 4.52 Å². The molecule has 1 amide bonds. The van der Waals surface area contributed by atoms with E-state index in [9.17, 15) is 4.79 Å². The number of carbonyl (C=O) groups excluding carboxylic acids is 1. The second-order valence-electron chi connectivity index (χ2n) is 7.57. The van der Waals surface area contributed by atoms with Crippen LogP contribution in [0.4, 0.5) is 5.69 Å². The van der Waals surface area contributed by atoms with Gasteiger partial charge in [0.05, 0.1) is 5.69 Å². The van der Waals surface area contributed by atoms with Gasteiger partial charge in [-0.3, -0.25) is 4.79 Å². The Balaban J connectivity index is 1.62. The average molecular weight is 351 g/mol. The maximum absolute atomic E-state index is 12.6. The Kier molecular flexibility index (Phi) is 5.07. The van der Waals surface area contributed by atoms with Crippen LogP contribution >= 0.6 is 0 Å². The topological polar surface area (TPSA) is 59.2 Å². The van der Waals surface area contributed by atoms with Gasteiger partial charge in [0.2, 0.25) is 11.8 Å². The highest BCUT2D eigenvalue weighted by molar-refractivity contribution is 6.03. The molecule has 0 bridgehead atoms. The summed E-state index contributed by atoms with van der Waals surface area (Å²) in [6.45, 7) is 6.14. The van der Waals surface area contributed by atoms with E-state index in [2.05, 4.69) is 22.3 Å². The molecule has 0 aliphatic rings. The van der Waals surface area contributed by atoms with Gasteiger partial charge in [-0.2, -0.15) is 4.98 Å². The lowest BCUT2D eigenvalue weighted by atomic mass is 9.96. The molecule has 0 aliphatic heterocycles. The lowest BCUT2D eigenvalue weighted by molar-refractivity contribution is -0.118. The summed E-state index contributed by atoms with van der Waals surface area (Å²) < 4.78 is 5.29. The molecule has 0 saturated heterocycles. The number of amides is 1. The number of anilines is 1. The molecule has 0 saturated carbocycles. The molecule has 0 N–H and O–H groups in total. The molecule has 0 unspecified atom stereocenters. The van der Waals surface area contributed by atoms with Gasteiger partial charge in [0.1, 0.15) is 0 Å². The van der Waals surface area contributed by atoms with Crippen LogP contribution in [-0.4, -0.2) is 23.1 Å². The molecule has 3 rings (SSSR count). The molecule has 1 aromatic heterocycles. The van der Waals surface area contributed by atoms with Crippen molar-refractivity contribution < 1.29 is 9.32 Å². The number of hydrogen-bond acceptors (Lipinski definition) is 4. The van der Waals surface area contributed by atoms with Crippen molar-refractivity contribution in [3.8, 4) is 0 Å². The number of carbonyl (C=O) groups is 1. The van der Waals surface area contributed by atoms with Crippen LogP contribution in [-0.2, 0) is 16.6 Å². The summed E-state index contributed by atoms with van der Waals surface area (Å²) in [7, 11) is 1.83. The Morgan fingerprint density at radius 1 is 1.12 bits per heavy atom. The third-order valence-corrected chi connectivity index (χ3v) is 4.42. The summed E-state index contributed by atoms with van der Waals surface area (Å²) >= 11 is 0. The Labute approximate surface area is 154 Å². The number of nitrogens with zero attached hydrogens (tertiary/aromatic N) is 3. The average Bonchev–Trinajstić information content (AvgIpc) is 3.10. The van der Waals surface area contributed by atoms with Crippen LogP contribution in [0.3, 0.4) is 0 Å². The second kappa shape index (κ2) is 7.28. The lowest BCUT2D eigenvalue weighted by Crippen LogP contribution is -2.26. The molecule has 0 fully saturated rings. The maximum atomic E-state index is 12.6. The third kappa shape index (κ3) is 3.93. The molecular weight excluding hydrogens is 326 g/mol. The summed E-state index contributed by atoms with van der Waals surface area (Å²) in [5.41, 5.74) is 0.799. The molecule has 2 aromatic carbocycles. The van der Waals surface area contributed by atoms with Crippen molar-refractivity contribution in [3.05, 3.63) is 54.2 Å². The highest BCUT2D eigenvalue weighted by atomic mass is 16.5. The third-order valence-electron chi connectivity index (χ3n) is 4.42. The standard InChI is InChI=1S/C21H25N3O2/c1-21(2,3)20-22-18(26-23-20)13-8-14-19(25)24(4)17-12-7-10-15-9-5-6-11-16(15)17/h5-7,9-12H,8,13-14H2,1-4H3. The first-order valence-corrected chi connectivity index (χ1v) is 8.93. The Hall–Kier alpha value is -2.69. The number of aryl methyl sites for hydroxylation is 1. The van der Waals surface area contributed by atoms with E-state index >= 15 is 0 Å². The van der Waals surface area contributed by atoms with E-state index in [1.165, 1.54) is 0 Å². The Morgan fingerprint density at radius 2 is 1.85 bits per heavy atom. The minimum absolute atomic E-state index is 0.0805. The van der Waals surface area contributed by atoms with E-state index in [0.29, 0.717) is 31.0 Å². The number of hydrogen-bond donors (Lipinski definition) is 0. The minimum atomic E-state index is -0.133. The summed E-state index contributed by atoms with van der Waals surface area (Å²) in [6, 6.07) is 14.1. The van der Waals surface area contributed by atoms with Gasteiger partial charge in [0, 0.05) is 30.7 Å². The fourth-order valence-electron chi connectivity index (χ4n) is 2.85. The largest absolute Gasteiger partial charge is 0.339 e. The molecule has 5 nitrogen and oxygen atoms in total. The normalized spacial score (nSPS) is 11.7. The van der Waals surface area contributed by atoms with E-state index in [0.717, 1.165) is 16.5 Å². The van der Waals surface area contributed by atoms with Crippen LogP contribution in [0.1, 0.15) is 45.3 Å². The number of benzene rings is 2. The molecule has 3 aromatic rings. The molecule has 136 valence electrons. The molecule has 0 spiro atoms. The maximum Gasteiger partial charge on any atom is 0.226 e. The van der Waals surface area contributed by atoms with Crippen LogP contribution < -0.4 is 4.90 Å². The fourth-order valence-corrected chi connectivity index (χ4v) is 2.85. The summed E-state index contributed by atoms with van der Waals surface area (Å²) in [5.74, 6) is 1.37. The van der Waals surface area contributed by atoms with Crippen LogP contribution in [0.5, 0.6) is 0 Å². The van der Waals surface area contributed by atoms with Crippen molar-refractivity contribution in [1.29, 1.82) is 0 Å². The predicted octanol–water partition coefficient (Wildman–Crippen LogP) is 4.51. The van der Waals surface area contributed by atoms with Crippen LogP contribution in [0.25, 0.3) is 10.8 Å². The van der Waals surface area contributed by atoms with Gasteiger partial charge in [-0.1, -0.05) is 62.3 Å². The lowest BCUT2D eigenvalue weighted by Gasteiger charge is -2.19. The van der Waals surface area contributed by atoms with Crippen LogP contribution in [0.2, 0.25) is 0 Å². The summed E-state index contributed by atoms with van der Waals surface area (Å²) in [6.07, 6.45) is 1.73. The zero-order valence-corrected chi connectivity index (χ0v) is 15.8. The van der Waals surface area contributed by atoms with Crippen molar-refractivity contribution in [2.75, 3.05) is 11.9 Å². The first kappa shape index (κ1) is 18.1. The van der Waals surface area contributed by atoms with Crippen molar-refractivity contribution in [2.45, 2.75) is 45.4 Å². The molecule has 5 heteroatoms. The number of aromatic nitrogens is 2. The highest BCUT2D eigenvalue weighted by Crippen LogP contribution is 2.26. The molecule has 26 heavy (non-hydrogen) atoms. The first-order chi connectivity index (χ1) is 12.4. The predicted molar refractivity (Wildman–Crippen MR) is 103 cm³/mol. The van der Waals surface area contributed by atoms with E-state index in [1.54, 1.807) is 4.90 Å². The van der Waals surface area contributed by atoms with Gasteiger partial charge in [0.25, 0.3) is 0 Å². The van der Waals surface area contributed by atoms with Crippen molar-refractivity contribution in [1.82, 2.24) is 10.1 Å². The number of fused-ring (bicyclic) bond motifs is 1. The zero-order valence-electron chi connectivity index (χ0n) is 15.8. The zero-order chi connectivity index (χ0) is 18.7. The molecule has 0 atom stereocenters. The van der Waals surface area contributed by atoms with Crippen molar-refractivity contribution in [2.24, 2.45) is 0 Å². The van der Waals surface area contributed by atoms with E-state index in [1.807, 2.05) is 58.2 Å². The number of rotatable bonds is 5. The van der Waals surface area contributed by atoms with Gasteiger partial charge >= 0.3 is 0 Å². The molecule has 0 radical (unpaired) electrons. The van der Waals surface area contributed by atoms with E-state index in [-0.39, 0.29) is 11.3 Å². The molecule has 1 heterocycles. The van der Waals surface area contributed by atoms with Gasteiger partial charge in [-0.15, -0.1) is 0 Å². The van der Waals surface area contributed by atoms with Gasteiger partial charge in [-0.25, -0.2) is 0 Å². The van der Waals surface area contributed by atoms with E-state index < -0.39 is 0 Å². The quantitative estimate of drug-likeness (QED) is 0.679. The van der Waals surface area contributed by atoms with Gasteiger partial charge in [0.15, 0.2) is 5.82 Å². The van der Waals surface area contributed by atoms with Gasteiger partial charge in [-0.05, 0) is 17.9 Å². The van der Waals surface area contributed by atoms with Crippen LogP contribution in [0.15, 0.2) is 47.0 Å². The Bertz CT molecular complexity index is 904. The minimum Gasteiger partial charge on any atom is -0.339 e. The molecule has 0 aliphatic carbocycles. The highest BCUT2D eigenvalue weighted by Gasteiger charge is 2.21. The Morgan fingerprint density at radius 3 is 2.58 bits per heavy atom. The van der Waals surface area contributed by atoms with Crippen LogP contribution in [0, 0.1) is 0 Å². The van der Waals surface area contributed by atoms with Crippen molar-refractivity contribution >= 4 is 22.4 Å². The summed E-state index contributed by atoms with van der Waals surface area (Å²) in [5, 5.41) is 6.23. The smallest absolute Gasteiger partial charge is 0.226 e. The SMILES string of the molecule is CN(C(=O)CCCc1nc(C(C)(C)C)no1)c1cccc2ccccc12. The fraction of sp³-hybridized carbons (Fsp3) is 0.381. The second-order valence-corrected chi connectivity index (χ2v) is 7.57. The monoisotopic (exact) mass is 351 g/mol. The molecular formula is C21H25N3O2. The van der Waals surface area contributed by atoms with Crippen molar-refractivity contribution in [3.63, 3.8) is 0 Å². The van der Waals surface area contributed by atoms with Gasteiger partial charge < -0.3 is 9.42 Å². The summed E-state index contributed by atoms with van der Waals surface area (Å²) in [4.78, 5) is 18.8. The first-order valence-electron chi connectivity index (χ1n) is 8.93.